The Kier molecular flexibility index (Phi) is 4.64. The van der Waals surface area contributed by atoms with E-state index in [9.17, 15) is 13.2 Å². The van der Waals surface area contributed by atoms with Gasteiger partial charge in [-0.2, -0.15) is 17.7 Å². The summed E-state index contributed by atoms with van der Waals surface area (Å²) in [6, 6.07) is 10.4. The summed E-state index contributed by atoms with van der Waals surface area (Å²) >= 11 is 0. The molecule has 1 saturated heterocycles. The van der Waals surface area contributed by atoms with E-state index in [1.54, 1.807) is 4.52 Å². The fourth-order valence-corrected chi connectivity index (χ4v) is 3.94. The van der Waals surface area contributed by atoms with Crippen LogP contribution in [0.4, 0.5) is 24.9 Å². The number of aryl methyl sites for hydroxylation is 1. The number of benzene rings is 1. The van der Waals surface area contributed by atoms with Gasteiger partial charge in [-0.05, 0) is 37.6 Å². The van der Waals surface area contributed by atoms with E-state index in [0.29, 0.717) is 31.3 Å². The van der Waals surface area contributed by atoms with E-state index >= 15 is 0 Å². The van der Waals surface area contributed by atoms with Crippen molar-refractivity contribution in [3.05, 3.63) is 54.0 Å². The number of fused-ring (bicyclic) bond motifs is 3. The minimum atomic E-state index is -4.38. The van der Waals surface area contributed by atoms with Crippen LogP contribution in [0.5, 0.6) is 0 Å². The molecule has 31 heavy (non-hydrogen) atoms. The van der Waals surface area contributed by atoms with Crippen molar-refractivity contribution in [2.75, 3.05) is 36.0 Å². The molecule has 0 unspecified atom stereocenters. The van der Waals surface area contributed by atoms with Crippen LogP contribution < -0.4 is 9.80 Å². The van der Waals surface area contributed by atoms with Crippen LogP contribution in [0.2, 0.25) is 0 Å². The van der Waals surface area contributed by atoms with E-state index in [1.807, 2.05) is 36.1 Å². The zero-order valence-corrected chi connectivity index (χ0v) is 16.8. The third-order valence-corrected chi connectivity index (χ3v) is 5.45. The Bertz CT molecular complexity index is 1230. The number of halogens is 3. The van der Waals surface area contributed by atoms with Crippen LogP contribution in [0.3, 0.4) is 0 Å². The van der Waals surface area contributed by atoms with Gasteiger partial charge in [-0.25, -0.2) is 15.0 Å². The monoisotopic (exact) mass is 427 g/mol. The fraction of sp³-hybridized carbons (Fsp3) is 0.333. The third kappa shape index (κ3) is 3.62. The first-order chi connectivity index (χ1) is 14.9. The molecule has 0 radical (unpaired) electrons. The Morgan fingerprint density at radius 1 is 0.903 bits per heavy atom. The highest BCUT2D eigenvalue weighted by molar-refractivity contribution is 5.92. The van der Waals surface area contributed by atoms with Crippen molar-refractivity contribution >= 4 is 28.3 Å². The topological polar surface area (TPSA) is 62.5 Å². The Balaban J connectivity index is 1.43. The maximum absolute atomic E-state index is 12.8. The van der Waals surface area contributed by atoms with E-state index in [2.05, 4.69) is 20.0 Å². The lowest BCUT2D eigenvalue weighted by molar-refractivity contribution is -0.137. The van der Waals surface area contributed by atoms with Crippen molar-refractivity contribution in [1.82, 2.24) is 24.6 Å². The highest BCUT2D eigenvalue weighted by atomic mass is 19.4. The Morgan fingerprint density at radius 3 is 2.45 bits per heavy atom. The van der Waals surface area contributed by atoms with Gasteiger partial charge in [-0.3, -0.25) is 0 Å². The molecule has 1 aliphatic rings. The highest BCUT2D eigenvalue weighted by Gasteiger charge is 2.31. The largest absolute Gasteiger partial charge is 0.417 e. The zero-order valence-electron chi connectivity index (χ0n) is 16.8. The van der Waals surface area contributed by atoms with Gasteiger partial charge in [0.2, 0.25) is 5.95 Å². The number of hydrogen-bond donors (Lipinski definition) is 0. The molecule has 0 amide bonds. The summed E-state index contributed by atoms with van der Waals surface area (Å²) in [6.07, 6.45) is -2.68. The lowest BCUT2D eigenvalue weighted by atomic mass is 10.2. The van der Waals surface area contributed by atoms with Gasteiger partial charge in [0, 0.05) is 37.8 Å². The van der Waals surface area contributed by atoms with Crippen molar-refractivity contribution in [3.63, 3.8) is 0 Å². The molecule has 10 heteroatoms. The third-order valence-electron chi connectivity index (χ3n) is 5.45. The van der Waals surface area contributed by atoms with Gasteiger partial charge in [0.25, 0.3) is 0 Å². The lowest BCUT2D eigenvalue weighted by Crippen LogP contribution is -2.32. The van der Waals surface area contributed by atoms with Gasteiger partial charge in [-0.1, -0.05) is 12.1 Å². The van der Waals surface area contributed by atoms with Crippen LogP contribution in [0, 0.1) is 6.92 Å². The summed E-state index contributed by atoms with van der Waals surface area (Å²) in [5, 5.41) is 5.49. The number of pyridine rings is 1. The predicted octanol–water partition coefficient (Wildman–Crippen LogP) is 3.72. The number of rotatable bonds is 2. The quantitative estimate of drug-likeness (QED) is 0.486. The average molecular weight is 427 g/mol. The van der Waals surface area contributed by atoms with Crippen molar-refractivity contribution < 1.29 is 13.2 Å². The predicted molar refractivity (Wildman–Crippen MR) is 111 cm³/mol. The van der Waals surface area contributed by atoms with Gasteiger partial charge >= 0.3 is 6.18 Å². The minimum absolute atomic E-state index is 0.545. The summed E-state index contributed by atoms with van der Waals surface area (Å²) < 4.78 is 40.3. The summed E-state index contributed by atoms with van der Waals surface area (Å²) in [5.41, 5.74) is 0.878. The first kappa shape index (κ1) is 19.5. The van der Waals surface area contributed by atoms with Crippen LogP contribution in [-0.4, -0.2) is 50.7 Å². The fourth-order valence-electron chi connectivity index (χ4n) is 3.94. The molecule has 4 heterocycles. The molecule has 1 fully saturated rings. The highest BCUT2D eigenvalue weighted by Crippen LogP contribution is 2.30. The van der Waals surface area contributed by atoms with Gasteiger partial charge in [-0.15, -0.1) is 5.10 Å². The maximum Gasteiger partial charge on any atom is 0.417 e. The molecule has 0 spiro atoms. The number of anilines is 2. The molecule has 160 valence electrons. The first-order valence-corrected chi connectivity index (χ1v) is 10.1. The number of aromatic nitrogens is 5. The molecule has 0 N–H and O–H groups in total. The molecule has 0 saturated carbocycles. The molecule has 0 bridgehead atoms. The summed E-state index contributed by atoms with van der Waals surface area (Å²) in [7, 11) is 0. The van der Waals surface area contributed by atoms with Crippen LogP contribution in [0.15, 0.2) is 42.6 Å². The average Bonchev–Trinajstić information content (AvgIpc) is 2.99. The maximum atomic E-state index is 12.8. The minimum Gasteiger partial charge on any atom is -0.355 e. The Morgan fingerprint density at radius 2 is 1.68 bits per heavy atom. The molecule has 7 nitrogen and oxygen atoms in total. The second kappa shape index (κ2) is 7.36. The number of hydrogen-bond acceptors (Lipinski definition) is 6. The normalized spacial score (nSPS) is 15.6. The Hall–Kier alpha value is -3.43. The van der Waals surface area contributed by atoms with Crippen molar-refractivity contribution in [3.8, 4) is 0 Å². The summed E-state index contributed by atoms with van der Waals surface area (Å²) in [6.45, 7) is 4.55. The molecule has 0 aliphatic carbocycles. The molecular weight excluding hydrogens is 407 g/mol. The molecule has 1 aliphatic heterocycles. The number of nitrogens with zero attached hydrogens (tertiary/aromatic N) is 7. The zero-order chi connectivity index (χ0) is 21.6. The molecule has 5 rings (SSSR count). The second-order valence-electron chi connectivity index (χ2n) is 7.55. The first-order valence-electron chi connectivity index (χ1n) is 10.1. The van der Waals surface area contributed by atoms with E-state index < -0.39 is 11.7 Å². The van der Waals surface area contributed by atoms with E-state index in [1.165, 1.54) is 6.07 Å². The summed E-state index contributed by atoms with van der Waals surface area (Å²) in [5.74, 6) is 1.93. The molecular formula is C21H20F3N7. The van der Waals surface area contributed by atoms with E-state index in [-0.39, 0.29) is 0 Å². The van der Waals surface area contributed by atoms with Crippen LogP contribution in [-0.2, 0) is 6.18 Å². The van der Waals surface area contributed by atoms with Gasteiger partial charge in [0.1, 0.15) is 11.6 Å². The van der Waals surface area contributed by atoms with Gasteiger partial charge < -0.3 is 9.80 Å². The van der Waals surface area contributed by atoms with Gasteiger partial charge in [0.15, 0.2) is 5.65 Å². The smallest absolute Gasteiger partial charge is 0.355 e. The lowest BCUT2D eigenvalue weighted by Gasteiger charge is -2.24. The van der Waals surface area contributed by atoms with Crippen molar-refractivity contribution in [1.29, 1.82) is 0 Å². The molecule has 1 aromatic carbocycles. The molecule has 4 aromatic rings. The van der Waals surface area contributed by atoms with Gasteiger partial charge in [0.05, 0.1) is 11.1 Å². The SMILES string of the molecule is Cc1nc2c3ccccc3nc(N3CCCN(c4ccc(C(F)(F)F)cn4)CC3)n2n1. The van der Waals surface area contributed by atoms with Crippen LogP contribution in [0.25, 0.3) is 16.6 Å². The van der Waals surface area contributed by atoms with Crippen LogP contribution >= 0.6 is 0 Å². The van der Waals surface area contributed by atoms with E-state index in [4.69, 9.17) is 4.98 Å². The molecule has 0 atom stereocenters. The second-order valence-corrected chi connectivity index (χ2v) is 7.55. The van der Waals surface area contributed by atoms with Crippen LogP contribution in [0.1, 0.15) is 17.8 Å². The number of para-hydroxylation sites is 1. The van der Waals surface area contributed by atoms with Crippen molar-refractivity contribution in [2.45, 2.75) is 19.5 Å². The van der Waals surface area contributed by atoms with E-state index in [0.717, 1.165) is 47.7 Å². The summed E-state index contributed by atoms with van der Waals surface area (Å²) in [4.78, 5) is 17.6. The number of alkyl halides is 3. The molecule has 3 aromatic heterocycles. The Labute approximate surface area is 176 Å². The standard InChI is InChI=1S/C21H20F3N7/c1-14-26-19-16-5-2-3-6-17(16)27-20(31(19)28-14)30-10-4-9-29(11-12-30)18-8-7-15(13-25-18)21(22,23)24/h2-3,5-8,13H,4,9-12H2,1H3. The van der Waals surface area contributed by atoms with Crippen molar-refractivity contribution in [2.24, 2.45) is 0 Å².